The van der Waals surface area contributed by atoms with E-state index in [1.54, 1.807) is 0 Å². The molecular weight excluding hydrogens is 1050 g/mol. The van der Waals surface area contributed by atoms with Crippen LogP contribution in [0.15, 0.2) is 205 Å². The smallest absolute Gasteiger partial charge is 0.252 e. The minimum absolute atomic E-state index is 0.0360. The van der Waals surface area contributed by atoms with Crippen LogP contribution in [0.3, 0.4) is 0 Å². The normalized spacial score (nSPS) is 15.5. The predicted molar refractivity (Wildman–Crippen MR) is 379 cm³/mol. The van der Waals surface area contributed by atoms with Gasteiger partial charge in [0.05, 0.1) is 17.1 Å². The molecule has 0 unspecified atom stereocenters. The molecule has 0 amide bonds. The highest BCUT2D eigenvalue weighted by molar-refractivity contribution is 7.00. The van der Waals surface area contributed by atoms with E-state index in [0.29, 0.717) is 0 Å². The lowest BCUT2D eigenvalue weighted by Gasteiger charge is -2.48. The number of rotatable bonds is 11. The number of benzene rings is 8. The van der Waals surface area contributed by atoms with Crippen molar-refractivity contribution in [3.05, 3.63) is 251 Å². The van der Waals surface area contributed by atoms with Crippen molar-refractivity contribution in [3.8, 4) is 11.1 Å². The number of anilines is 8. The lowest BCUT2D eigenvalue weighted by Crippen LogP contribution is -2.62. The molecule has 8 aromatic carbocycles. The average molecular weight is 1140 g/mol. The van der Waals surface area contributed by atoms with E-state index in [1.807, 2.05) is 12.2 Å². The van der Waals surface area contributed by atoms with Gasteiger partial charge in [0.1, 0.15) is 11.2 Å². The van der Waals surface area contributed by atoms with Gasteiger partial charge in [0, 0.05) is 56.0 Å². The lowest BCUT2D eigenvalue weighted by molar-refractivity contribution is 0.332. The summed E-state index contributed by atoms with van der Waals surface area (Å²) in [4.78, 5) is 7.79. The van der Waals surface area contributed by atoms with E-state index in [2.05, 4.69) is 309 Å². The van der Waals surface area contributed by atoms with E-state index in [-0.39, 0.29) is 28.4 Å². The molecule has 0 spiro atoms. The average Bonchev–Trinajstić information content (AvgIpc) is 1.13. The fourth-order valence-corrected chi connectivity index (χ4v) is 14.6. The number of para-hydroxylation sites is 3. The van der Waals surface area contributed by atoms with Crippen LogP contribution in [0.2, 0.25) is 0 Å². The molecule has 3 heterocycles. The van der Waals surface area contributed by atoms with Crippen LogP contribution < -0.4 is 31.1 Å². The molecule has 3 aliphatic rings. The third-order valence-corrected chi connectivity index (χ3v) is 19.2. The molecule has 0 N–H and O–H groups in total. The monoisotopic (exact) mass is 1140 g/mol. The Morgan fingerprint density at radius 2 is 1.16 bits per heavy atom. The maximum Gasteiger partial charge on any atom is 0.252 e. The molecule has 0 fully saturated rings. The Kier molecular flexibility index (Phi) is 14.7. The molecule has 2 aliphatic heterocycles. The molecule has 87 heavy (non-hydrogen) atoms. The molecular formula is C82H86BN3O. The van der Waals surface area contributed by atoms with Crippen molar-refractivity contribution >= 4 is 96.1 Å². The van der Waals surface area contributed by atoms with Crippen molar-refractivity contribution < 1.29 is 4.42 Å². The van der Waals surface area contributed by atoms with Crippen molar-refractivity contribution in [1.29, 1.82) is 0 Å². The summed E-state index contributed by atoms with van der Waals surface area (Å²) >= 11 is 0. The van der Waals surface area contributed by atoms with Crippen LogP contribution >= 0.6 is 0 Å². The Balaban J connectivity index is 1.20. The summed E-state index contributed by atoms with van der Waals surface area (Å²) in [6.45, 7) is 46.0. The molecule has 5 heteroatoms. The highest BCUT2D eigenvalue weighted by Gasteiger charge is 2.48. The highest BCUT2D eigenvalue weighted by Crippen LogP contribution is 2.54. The first-order chi connectivity index (χ1) is 41.4. The molecule has 0 saturated heterocycles. The molecule has 4 nitrogen and oxygen atoms in total. The lowest BCUT2D eigenvalue weighted by atomic mass is 9.33. The summed E-state index contributed by atoms with van der Waals surface area (Å²) < 4.78 is 6.72. The Hall–Kier alpha value is -8.54. The van der Waals surface area contributed by atoms with E-state index in [0.717, 1.165) is 74.1 Å². The predicted octanol–water partition coefficient (Wildman–Crippen LogP) is 21.4. The van der Waals surface area contributed by atoms with Gasteiger partial charge in [-0.15, -0.1) is 0 Å². The molecule has 0 bridgehead atoms. The van der Waals surface area contributed by atoms with Crippen LogP contribution in [-0.4, -0.2) is 6.71 Å². The molecule has 12 rings (SSSR count). The summed E-state index contributed by atoms with van der Waals surface area (Å²) in [5.41, 5.74) is 30.6. The zero-order valence-corrected chi connectivity index (χ0v) is 54.5. The molecule has 9 aromatic rings. The third-order valence-electron chi connectivity index (χ3n) is 19.2. The number of hydrogen-bond acceptors (Lipinski definition) is 4. The third kappa shape index (κ3) is 9.87. The maximum atomic E-state index is 6.72. The van der Waals surface area contributed by atoms with Gasteiger partial charge in [-0.05, 0) is 215 Å². The van der Waals surface area contributed by atoms with Crippen LogP contribution in [0.1, 0.15) is 146 Å². The zero-order chi connectivity index (χ0) is 61.8. The van der Waals surface area contributed by atoms with E-state index in [4.69, 9.17) is 4.42 Å². The van der Waals surface area contributed by atoms with Gasteiger partial charge in [-0.1, -0.05) is 198 Å². The van der Waals surface area contributed by atoms with Gasteiger partial charge in [-0.25, -0.2) is 0 Å². The first kappa shape index (κ1) is 58.8. The van der Waals surface area contributed by atoms with Gasteiger partial charge >= 0.3 is 0 Å². The van der Waals surface area contributed by atoms with Crippen LogP contribution in [0.25, 0.3) is 38.6 Å². The highest BCUT2D eigenvalue weighted by atomic mass is 16.3. The fourth-order valence-electron chi connectivity index (χ4n) is 14.6. The number of furan rings is 1. The van der Waals surface area contributed by atoms with Gasteiger partial charge in [0.25, 0.3) is 6.71 Å². The summed E-state index contributed by atoms with van der Waals surface area (Å²) in [7, 11) is 0. The van der Waals surface area contributed by atoms with Crippen molar-refractivity contribution in [2.24, 2.45) is 0 Å². The Labute approximate surface area is 519 Å². The molecule has 0 saturated carbocycles. The van der Waals surface area contributed by atoms with E-state index < -0.39 is 0 Å². The summed E-state index contributed by atoms with van der Waals surface area (Å²) in [5, 5.41) is 2.28. The second-order valence-electron chi connectivity index (χ2n) is 28.2. The van der Waals surface area contributed by atoms with Gasteiger partial charge in [0.2, 0.25) is 0 Å². The quantitative estimate of drug-likeness (QED) is 0.0951. The van der Waals surface area contributed by atoms with Gasteiger partial charge in [-0.3, -0.25) is 0 Å². The number of nitrogens with zero attached hydrogens (tertiary/aromatic N) is 3. The molecule has 1 aliphatic carbocycles. The molecule has 0 atom stereocenters. The standard InChI is InChI=1S/C82H86BN3O/c1-19-23-31-55(22-4)61-32-24-26-36-69(61)84(59(29-20-2)30-21-3)60-38-39-67-70(48-60)85(77-53(7)44-57(45-54(77)8)79(9,10)11)72-46-58(80(12,13)14)47-73-75(72)83(67)68-49-65-66(82(17,18)41-40-81(65,15)16)50-71(68)86(73)76-51(5)42-56(43-52(76)6)62-34-28-35-64-63-33-25-27-37-74(63)87-78(62)64/h19-39,42-50H,2,4,40-41H2,1,3,5-18H3/b23-19-,30-21-,55-31+,59-29+. The Morgan fingerprint density at radius 1 is 0.586 bits per heavy atom. The van der Waals surface area contributed by atoms with Crippen molar-refractivity contribution in [2.75, 3.05) is 14.7 Å². The number of allylic oxidation sites excluding steroid dienone is 9. The van der Waals surface area contributed by atoms with Crippen molar-refractivity contribution in [1.82, 2.24) is 0 Å². The number of fused-ring (bicyclic) bond motifs is 8. The molecule has 1 aromatic heterocycles. The first-order valence-corrected chi connectivity index (χ1v) is 31.5. The minimum atomic E-state index is -0.219. The second kappa shape index (κ2) is 21.7. The fraction of sp³-hybridized carbons (Fsp3) is 0.268. The Morgan fingerprint density at radius 3 is 1.77 bits per heavy atom. The van der Waals surface area contributed by atoms with Crippen LogP contribution in [0.4, 0.5) is 45.5 Å². The largest absolute Gasteiger partial charge is 0.455 e. The van der Waals surface area contributed by atoms with Crippen molar-refractivity contribution in [2.45, 2.75) is 145 Å². The van der Waals surface area contributed by atoms with E-state index >= 15 is 0 Å². The van der Waals surface area contributed by atoms with Crippen molar-refractivity contribution in [3.63, 3.8) is 0 Å². The Bertz CT molecular complexity index is 4390. The minimum Gasteiger partial charge on any atom is -0.455 e. The summed E-state index contributed by atoms with van der Waals surface area (Å²) in [6, 6.07) is 51.2. The molecule has 438 valence electrons. The van der Waals surface area contributed by atoms with Gasteiger partial charge in [0.15, 0.2) is 0 Å². The summed E-state index contributed by atoms with van der Waals surface area (Å²) in [6.07, 6.45) is 18.9. The summed E-state index contributed by atoms with van der Waals surface area (Å²) in [5.74, 6) is 0. The second-order valence-corrected chi connectivity index (χ2v) is 28.2. The van der Waals surface area contributed by atoms with Crippen LogP contribution in [0.5, 0.6) is 0 Å². The first-order valence-electron chi connectivity index (χ1n) is 31.5. The number of hydrogen-bond donors (Lipinski definition) is 0. The van der Waals surface area contributed by atoms with Gasteiger partial charge < -0.3 is 19.1 Å². The van der Waals surface area contributed by atoms with Crippen LogP contribution in [0, 0.1) is 27.7 Å². The van der Waals surface area contributed by atoms with E-state index in [9.17, 15) is 0 Å². The number of aryl methyl sites for hydroxylation is 4. The molecule has 0 radical (unpaired) electrons. The van der Waals surface area contributed by atoms with Gasteiger partial charge in [-0.2, -0.15) is 0 Å². The van der Waals surface area contributed by atoms with E-state index in [1.165, 1.54) is 95.0 Å². The zero-order valence-electron chi connectivity index (χ0n) is 54.5. The maximum absolute atomic E-state index is 6.72. The topological polar surface area (TPSA) is 22.9 Å². The SMILES string of the molecule is C=C/C=C(\C=C/C)N(c1ccc2c(c1)N(c1c(C)cc(C(C)(C)C)cc1C)c1cc(C(C)(C)C)cc3c1B2c1cc2c(cc1N3c1c(C)cc(-c3cccc4c3oc3ccccc34)cc1C)C(C)(C)CCC2(C)C)c1ccccc1/C(C=C)=C/C=C\C. The van der Waals surface area contributed by atoms with Crippen LogP contribution in [-0.2, 0) is 21.7 Å².